The molecule has 1 aromatic carbocycles. The van der Waals surface area contributed by atoms with E-state index in [4.69, 9.17) is 5.11 Å². The number of hydrogen-bond donors (Lipinski definition) is 2. The minimum absolute atomic E-state index is 0.232. The van der Waals surface area contributed by atoms with Crippen LogP contribution >= 0.6 is 0 Å². The number of aryl methyl sites for hydroxylation is 3. The van der Waals surface area contributed by atoms with Crippen molar-refractivity contribution in [2.45, 2.75) is 39.5 Å². The maximum absolute atomic E-state index is 10.3. The smallest absolute Gasteiger partial charge is 0.303 e. The first-order valence-corrected chi connectivity index (χ1v) is 5.51. The Bertz CT molecular complexity index is 360. The second-order valence-electron chi connectivity index (χ2n) is 4.18. The fourth-order valence-electron chi connectivity index (χ4n) is 1.80. The predicted octanol–water partition coefficient (Wildman–Crippen LogP) is 2.81. The summed E-state index contributed by atoms with van der Waals surface area (Å²) in [7, 11) is 0. The molecule has 0 spiro atoms. The van der Waals surface area contributed by atoms with E-state index in [1.807, 2.05) is 26.0 Å². The highest BCUT2D eigenvalue weighted by molar-refractivity contribution is 5.66. The fourth-order valence-corrected chi connectivity index (χ4v) is 1.80. The Labute approximate surface area is 95.7 Å². The SMILES string of the molecule is Cc1cc(CCCCC(=O)O)cc(C)c1O. The van der Waals surface area contributed by atoms with Gasteiger partial charge in [-0.2, -0.15) is 0 Å². The van der Waals surface area contributed by atoms with Crippen molar-refractivity contribution >= 4 is 5.97 Å². The lowest BCUT2D eigenvalue weighted by molar-refractivity contribution is -0.137. The summed E-state index contributed by atoms with van der Waals surface area (Å²) in [6.45, 7) is 3.76. The molecule has 0 aliphatic carbocycles. The molecule has 0 aliphatic rings. The normalized spacial score (nSPS) is 10.4. The number of carbonyl (C=O) groups is 1. The lowest BCUT2D eigenvalue weighted by atomic mass is 10.0. The summed E-state index contributed by atoms with van der Waals surface area (Å²) >= 11 is 0. The first kappa shape index (κ1) is 12.6. The Kier molecular flexibility index (Phi) is 4.35. The van der Waals surface area contributed by atoms with Gasteiger partial charge in [-0.25, -0.2) is 0 Å². The third kappa shape index (κ3) is 3.57. The van der Waals surface area contributed by atoms with E-state index in [-0.39, 0.29) is 6.42 Å². The summed E-state index contributed by atoms with van der Waals surface area (Å²) in [6.07, 6.45) is 2.68. The van der Waals surface area contributed by atoms with Crippen molar-refractivity contribution in [3.8, 4) is 5.75 Å². The number of phenolic OH excluding ortho intramolecular Hbond substituents is 1. The maximum atomic E-state index is 10.3. The monoisotopic (exact) mass is 222 g/mol. The number of phenols is 1. The molecule has 0 bridgehead atoms. The second-order valence-corrected chi connectivity index (χ2v) is 4.18. The van der Waals surface area contributed by atoms with Crippen LogP contribution in [0.2, 0.25) is 0 Å². The van der Waals surface area contributed by atoms with Gasteiger partial charge in [0.25, 0.3) is 0 Å². The number of benzene rings is 1. The van der Waals surface area contributed by atoms with E-state index < -0.39 is 5.97 Å². The van der Waals surface area contributed by atoms with Crippen LogP contribution in [0.1, 0.15) is 36.0 Å². The maximum Gasteiger partial charge on any atom is 0.303 e. The number of carboxylic acid groups (broad SMARTS) is 1. The molecule has 0 aliphatic heterocycles. The molecule has 0 amide bonds. The molecule has 88 valence electrons. The molecule has 0 saturated carbocycles. The number of aliphatic carboxylic acids is 1. The van der Waals surface area contributed by atoms with Gasteiger partial charge >= 0.3 is 5.97 Å². The van der Waals surface area contributed by atoms with E-state index in [9.17, 15) is 9.90 Å². The molecule has 0 heterocycles. The number of rotatable bonds is 5. The second kappa shape index (κ2) is 5.54. The highest BCUT2D eigenvalue weighted by atomic mass is 16.4. The van der Waals surface area contributed by atoms with Crippen molar-refractivity contribution in [2.75, 3.05) is 0 Å². The standard InChI is InChI=1S/C13H18O3/c1-9-7-11(8-10(2)13(9)16)5-3-4-6-12(14)15/h7-8,16H,3-6H2,1-2H3,(H,14,15). The van der Waals surface area contributed by atoms with Crippen molar-refractivity contribution in [1.29, 1.82) is 0 Å². The molecule has 0 aromatic heterocycles. The molecular formula is C13H18O3. The Morgan fingerprint density at radius 3 is 2.25 bits per heavy atom. The van der Waals surface area contributed by atoms with Crippen LogP contribution in [0.5, 0.6) is 5.75 Å². The topological polar surface area (TPSA) is 57.5 Å². The van der Waals surface area contributed by atoms with Gasteiger partial charge < -0.3 is 10.2 Å². The number of aromatic hydroxyl groups is 1. The summed E-state index contributed by atoms with van der Waals surface area (Å²) in [5.74, 6) is -0.382. The molecule has 3 heteroatoms. The summed E-state index contributed by atoms with van der Waals surface area (Å²) in [5, 5.41) is 18.1. The fraction of sp³-hybridized carbons (Fsp3) is 0.462. The minimum atomic E-state index is -0.738. The quantitative estimate of drug-likeness (QED) is 0.753. The molecule has 2 N–H and O–H groups in total. The van der Waals surface area contributed by atoms with Gasteiger partial charge in [-0.15, -0.1) is 0 Å². The molecule has 1 rings (SSSR count). The van der Waals surface area contributed by atoms with E-state index in [1.54, 1.807) is 0 Å². The third-order valence-corrected chi connectivity index (χ3v) is 2.66. The van der Waals surface area contributed by atoms with Crippen LogP contribution < -0.4 is 0 Å². The van der Waals surface area contributed by atoms with Gasteiger partial charge in [0.2, 0.25) is 0 Å². The first-order chi connectivity index (χ1) is 7.50. The van der Waals surface area contributed by atoms with Crippen LogP contribution in [0.25, 0.3) is 0 Å². The molecule has 0 fully saturated rings. The molecule has 0 atom stereocenters. The van der Waals surface area contributed by atoms with Crippen molar-refractivity contribution in [1.82, 2.24) is 0 Å². The molecule has 0 saturated heterocycles. The van der Waals surface area contributed by atoms with Crippen LogP contribution in [-0.4, -0.2) is 16.2 Å². The first-order valence-electron chi connectivity index (χ1n) is 5.51. The average molecular weight is 222 g/mol. The van der Waals surface area contributed by atoms with Crippen molar-refractivity contribution in [2.24, 2.45) is 0 Å². The van der Waals surface area contributed by atoms with Crippen LogP contribution in [-0.2, 0) is 11.2 Å². The van der Waals surface area contributed by atoms with Crippen LogP contribution in [0, 0.1) is 13.8 Å². The van der Waals surface area contributed by atoms with Gasteiger partial charge in [0.1, 0.15) is 5.75 Å². The van der Waals surface area contributed by atoms with Gasteiger partial charge in [0.05, 0.1) is 0 Å². The van der Waals surface area contributed by atoms with Crippen LogP contribution in [0.15, 0.2) is 12.1 Å². The Hall–Kier alpha value is -1.51. The Morgan fingerprint density at radius 1 is 1.19 bits per heavy atom. The van der Waals surface area contributed by atoms with Crippen LogP contribution in [0.3, 0.4) is 0 Å². The van der Waals surface area contributed by atoms with Crippen molar-refractivity contribution < 1.29 is 15.0 Å². The third-order valence-electron chi connectivity index (χ3n) is 2.66. The van der Waals surface area contributed by atoms with E-state index in [1.165, 1.54) is 0 Å². The van der Waals surface area contributed by atoms with E-state index >= 15 is 0 Å². The highest BCUT2D eigenvalue weighted by Crippen LogP contribution is 2.23. The van der Waals surface area contributed by atoms with E-state index in [2.05, 4.69) is 0 Å². The number of unbranched alkanes of at least 4 members (excludes halogenated alkanes) is 1. The van der Waals surface area contributed by atoms with E-state index in [0.717, 1.165) is 29.5 Å². The predicted molar refractivity (Wildman–Crippen MR) is 62.8 cm³/mol. The minimum Gasteiger partial charge on any atom is -0.507 e. The lowest BCUT2D eigenvalue weighted by Gasteiger charge is -2.07. The van der Waals surface area contributed by atoms with Gasteiger partial charge in [0.15, 0.2) is 0 Å². The zero-order chi connectivity index (χ0) is 12.1. The Balaban J connectivity index is 2.52. The summed E-state index contributed by atoms with van der Waals surface area (Å²) < 4.78 is 0. The average Bonchev–Trinajstić information content (AvgIpc) is 2.20. The molecule has 3 nitrogen and oxygen atoms in total. The van der Waals surface area contributed by atoms with Gasteiger partial charge in [-0.05, 0) is 49.8 Å². The molecular weight excluding hydrogens is 204 g/mol. The highest BCUT2D eigenvalue weighted by Gasteiger charge is 2.03. The van der Waals surface area contributed by atoms with Crippen molar-refractivity contribution in [3.05, 3.63) is 28.8 Å². The molecule has 16 heavy (non-hydrogen) atoms. The zero-order valence-corrected chi connectivity index (χ0v) is 9.79. The van der Waals surface area contributed by atoms with E-state index in [0.29, 0.717) is 12.2 Å². The number of carboxylic acids is 1. The van der Waals surface area contributed by atoms with Crippen molar-refractivity contribution in [3.63, 3.8) is 0 Å². The van der Waals surface area contributed by atoms with Gasteiger partial charge in [-0.1, -0.05) is 12.1 Å². The molecule has 0 radical (unpaired) electrons. The number of hydrogen-bond acceptors (Lipinski definition) is 2. The largest absolute Gasteiger partial charge is 0.507 e. The Morgan fingerprint density at radius 2 is 1.75 bits per heavy atom. The summed E-state index contributed by atoms with van der Waals surface area (Å²) in [5.41, 5.74) is 2.93. The summed E-state index contributed by atoms with van der Waals surface area (Å²) in [6, 6.07) is 3.92. The molecule has 0 unspecified atom stereocenters. The lowest BCUT2D eigenvalue weighted by Crippen LogP contribution is -1.95. The van der Waals surface area contributed by atoms with Gasteiger partial charge in [-0.3, -0.25) is 4.79 Å². The summed E-state index contributed by atoms with van der Waals surface area (Å²) in [4.78, 5) is 10.3. The zero-order valence-electron chi connectivity index (χ0n) is 9.79. The van der Waals surface area contributed by atoms with Crippen LogP contribution in [0.4, 0.5) is 0 Å². The van der Waals surface area contributed by atoms with Gasteiger partial charge in [0, 0.05) is 6.42 Å². The molecule has 1 aromatic rings.